The van der Waals surface area contributed by atoms with Crippen LogP contribution in [0.1, 0.15) is 11.4 Å². The first-order valence-corrected chi connectivity index (χ1v) is 7.07. The molecular formula is C15H18N4O5. The molecule has 0 aliphatic heterocycles. The van der Waals surface area contributed by atoms with Gasteiger partial charge in [0.15, 0.2) is 0 Å². The largest absolute Gasteiger partial charge is 0.497 e. The van der Waals surface area contributed by atoms with Crippen molar-refractivity contribution in [2.45, 2.75) is 20.4 Å². The van der Waals surface area contributed by atoms with Gasteiger partial charge < -0.3 is 14.8 Å². The molecule has 0 atom stereocenters. The van der Waals surface area contributed by atoms with E-state index in [2.05, 4.69) is 10.4 Å². The zero-order valence-electron chi connectivity index (χ0n) is 13.8. The molecule has 2 aromatic rings. The van der Waals surface area contributed by atoms with Crippen LogP contribution in [0.2, 0.25) is 0 Å². The van der Waals surface area contributed by atoms with Crippen molar-refractivity contribution in [2.75, 3.05) is 19.5 Å². The Morgan fingerprint density at radius 2 is 2.04 bits per heavy atom. The highest BCUT2D eigenvalue weighted by molar-refractivity contribution is 5.92. The minimum atomic E-state index is -0.503. The summed E-state index contributed by atoms with van der Waals surface area (Å²) in [7, 11) is 3.00. The second kappa shape index (κ2) is 6.99. The second-order valence-corrected chi connectivity index (χ2v) is 5.05. The lowest BCUT2D eigenvalue weighted by Crippen LogP contribution is -2.20. The molecule has 1 aromatic carbocycles. The van der Waals surface area contributed by atoms with Crippen LogP contribution in [0.3, 0.4) is 0 Å². The number of ether oxygens (including phenoxy) is 2. The predicted octanol–water partition coefficient (Wildman–Crippen LogP) is 2.06. The Bertz CT molecular complexity index is 784. The van der Waals surface area contributed by atoms with E-state index in [1.807, 2.05) is 0 Å². The highest BCUT2D eigenvalue weighted by Crippen LogP contribution is 2.29. The second-order valence-electron chi connectivity index (χ2n) is 5.05. The van der Waals surface area contributed by atoms with Gasteiger partial charge in [-0.05, 0) is 26.0 Å². The minimum Gasteiger partial charge on any atom is -0.497 e. The molecule has 0 saturated carbocycles. The molecule has 1 N–H and O–H groups in total. The Kier molecular flexibility index (Phi) is 5.02. The monoisotopic (exact) mass is 334 g/mol. The van der Waals surface area contributed by atoms with E-state index in [0.29, 0.717) is 22.9 Å². The van der Waals surface area contributed by atoms with E-state index in [0.717, 1.165) is 0 Å². The molecular weight excluding hydrogens is 316 g/mol. The lowest BCUT2D eigenvalue weighted by molar-refractivity contribution is -0.386. The van der Waals surface area contributed by atoms with Crippen molar-refractivity contribution in [1.82, 2.24) is 9.78 Å². The summed E-state index contributed by atoms with van der Waals surface area (Å²) < 4.78 is 11.6. The molecule has 0 radical (unpaired) electrons. The van der Waals surface area contributed by atoms with Gasteiger partial charge in [-0.15, -0.1) is 0 Å². The summed E-state index contributed by atoms with van der Waals surface area (Å²) in [6.45, 7) is 2.93. The van der Waals surface area contributed by atoms with Crippen LogP contribution in [0.25, 0.3) is 0 Å². The number of nitro groups is 1. The molecule has 128 valence electrons. The molecule has 0 saturated heterocycles. The molecule has 0 aliphatic carbocycles. The van der Waals surface area contributed by atoms with Crippen molar-refractivity contribution < 1.29 is 19.2 Å². The molecule has 9 heteroatoms. The topological polar surface area (TPSA) is 109 Å². The molecule has 0 bridgehead atoms. The van der Waals surface area contributed by atoms with E-state index in [1.54, 1.807) is 25.1 Å². The number of amides is 1. The summed E-state index contributed by atoms with van der Waals surface area (Å²) in [5.74, 6) is 0.651. The summed E-state index contributed by atoms with van der Waals surface area (Å²) in [5, 5.41) is 17.8. The van der Waals surface area contributed by atoms with Gasteiger partial charge in [0.25, 0.3) is 0 Å². The number of carbonyl (C=O) groups is 1. The molecule has 0 aliphatic rings. The SMILES string of the molecule is COc1ccc(OC)c(NC(=O)Cn2nc(C)c([N+](=O)[O-])c2C)c1. The summed E-state index contributed by atoms with van der Waals surface area (Å²) in [6, 6.07) is 5.00. The van der Waals surface area contributed by atoms with Crippen molar-refractivity contribution in [3.05, 3.63) is 39.7 Å². The number of benzene rings is 1. The van der Waals surface area contributed by atoms with Gasteiger partial charge in [-0.1, -0.05) is 0 Å². The number of hydrogen-bond donors (Lipinski definition) is 1. The van der Waals surface area contributed by atoms with Gasteiger partial charge in [-0.25, -0.2) is 0 Å². The summed E-state index contributed by atoms with van der Waals surface area (Å²) >= 11 is 0. The zero-order valence-corrected chi connectivity index (χ0v) is 13.8. The third-order valence-corrected chi connectivity index (χ3v) is 3.50. The van der Waals surface area contributed by atoms with Gasteiger partial charge in [0.1, 0.15) is 29.4 Å². The molecule has 2 rings (SSSR count). The first-order chi connectivity index (χ1) is 11.4. The van der Waals surface area contributed by atoms with Gasteiger partial charge in [0, 0.05) is 6.07 Å². The first-order valence-electron chi connectivity index (χ1n) is 7.07. The van der Waals surface area contributed by atoms with Gasteiger partial charge in [0.2, 0.25) is 5.91 Å². The quantitative estimate of drug-likeness (QED) is 0.640. The number of rotatable bonds is 6. The Labute approximate surface area is 138 Å². The Morgan fingerprint density at radius 1 is 1.33 bits per heavy atom. The number of nitrogens with one attached hydrogen (secondary N) is 1. The molecule has 1 amide bonds. The molecule has 1 heterocycles. The van der Waals surface area contributed by atoms with E-state index in [1.165, 1.54) is 25.8 Å². The van der Waals surface area contributed by atoms with E-state index >= 15 is 0 Å². The first kappa shape index (κ1) is 17.3. The van der Waals surface area contributed by atoms with Gasteiger partial charge in [-0.2, -0.15) is 5.10 Å². The molecule has 0 spiro atoms. The summed E-state index contributed by atoms with van der Waals surface area (Å²) in [5.41, 5.74) is 0.953. The van der Waals surface area contributed by atoms with E-state index in [4.69, 9.17) is 9.47 Å². The van der Waals surface area contributed by atoms with Crippen LogP contribution < -0.4 is 14.8 Å². The number of aromatic nitrogens is 2. The Balaban J connectivity index is 2.20. The van der Waals surface area contributed by atoms with Crippen molar-refractivity contribution in [1.29, 1.82) is 0 Å². The third kappa shape index (κ3) is 3.45. The molecule has 0 fully saturated rings. The van der Waals surface area contributed by atoms with Crippen LogP contribution in [0, 0.1) is 24.0 Å². The van der Waals surface area contributed by atoms with Crippen molar-refractivity contribution in [3.63, 3.8) is 0 Å². The summed E-state index contributed by atoms with van der Waals surface area (Å²) in [4.78, 5) is 22.8. The van der Waals surface area contributed by atoms with Crippen LogP contribution in [-0.4, -0.2) is 34.8 Å². The van der Waals surface area contributed by atoms with Gasteiger partial charge in [-0.3, -0.25) is 19.6 Å². The number of nitrogens with zero attached hydrogens (tertiary/aromatic N) is 3. The standard InChI is InChI=1S/C15H18N4O5/c1-9-15(19(21)22)10(2)18(17-9)8-14(20)16-12-7-11(23-3)5-6-13(12)24-4/h5-7H,8H2,1-4H3,(H,16,20). The van der Waals surface area contributed by atoms with Gasteiger partial charge >= 0.3 is 5.69 Å². The fraction of sp³-hybridized carbons (Fsp3) is 0.333. The molecule has 24 heavy (non-hydrogen) atoms. The maximum atomic E-state index is 12.3. The number of anilines is 1. The maximum Gasteiger partial charge on any atom is 0.312 e. The van der Waals surface area contributed by atoms with Crippen molar-refractivity contribution in [2.24, 2.45) is 0 Å². The smallest absolute Gasteiger partial charge is 0.312 e. The zero-order chi connectivity index (χ0) is 17.9. The third-order valence-electron chi connectivity index (χ3n) is 3.50. The fourth-order valence-electron chi connectivity index (χ4n) is 2.34. The Morgan fingerprint density at radius 3 is 2.58 bits per heavy atom. The number of aryl methyl sites for hydroxylation is 1. The van der Waals surface area contributed by atoms with Crippen molar-refractivity contribution >= 4 is 17.3 Å². The highest BCUT2D eigenvalue weighted by atomic mass is 16.6. The fourth-order valence-corrected chi connectivity index (χ4v) is 2.34. The van der Waals surface area contributed by atoms with Crippen LogP contribution in [0.5, 0.6) is 11.5 Å². The minimum absolute atomic E-state index is 0.0817. The van der Waals surface area contributed by atoms with Gasteiger partial charge in [0.05, 0.1) is 24.8 Å². The molecule has 1 aromatic heterocycles. The lowest BCUT2D eigenvalue weighted by atomic mass is 10.2. The van der Waals surface area contributed by atoms with Crippen LogP contribution in [0.15, 0.2) is 18.2 Å². The average molecular weight is 334 g/mol. The Hall–Kier alpha value is -3.10. The molecule has 9 nitrogen and oxygen atoms in total. The van der Waals surface area contributed by atoms with E-state index < -0.39 is 4.92 Å². The maximum absolute atomic E-state index is 12.3. The van der Waals surface area contributed by atoms with E-state index in [-0.39, 0.29) is 23.8 Å². The average Bonchev–Trinajstić information content (AvgIpc) is 2.81. The highest BCUT2D eigenvalue weighted by Gasteiger charge is 2.23. The van der Waals surface area contributed by atoms with Crippen LogP contribution in [-0.2, 0) is 11.3 Å². The van der Waals surface area contributed by atoms with Crippen LogP contribution in [0.4, 0.5) is 11.4 Å². The number of carbonyl (C=O) groups excluding carboxylic acids is 1. The lowest BCUT2D eigenvalue weighted by Gasteiger charge is -2.12. The number of methoxy groups -OCH3 is 2. The van der Waals surface area contributed by atoms with E-state index in [9.17, 15) is 14.9 Å². The number of hydrogen-bond acceptors (Lipinski definition) is 6. The predicted molar refractivity (Wildman–Crippen MR) is 86.5 cm³/mol. The van der Waals surface area contributed by atoms with Crippen LogP contribution >= 0.6 is 0 Å². The summed E-state index contributed by atoms with van der Waals surface area (Å²) in [6.07, 6.45) is 0. The van der Waals surface area contributed by atoms with Crippen molar-refractivity contribution in [3.8, 4) is 11.5 Å². The molecule has 0 unspecified atom stereocenters. The normalized spacial score (nSPS) is 10.3.